The van der Waals surface area contributed by atoms with Crippen molar-refractivity contribution in [3.05, 3.63) is 105 Å². The normalized spacial score (nSPS) is 13.7. The van der Waals surface area contributed by atoms with Gasteiger partial charge in [-0.15, -0.1) is 0 Å². The minimum absolute atomic E-state index is 0.0128. The summed E-state index contributed by atoms with van der Waals surface area (Å²) in [7, 11) is 0. The van der Waals surface area contributed by atoms with Crippen LogP contribution in [-0.2, 0) is 6.42 Å². The van der Waals surface area contributed by atoms with Crippen molar-refractivity contribution in [3.63, 3.8) is 0 Å². The van der Waals surface area contributed by atoms with Gasteiger partial charge < -0.3 is 0 Å². The van der Waals surface area contributed by atoms with Gasteiger partial charge in [0.05, 0.1) is 11.1 Å². The van der Waals surface area contributed by atoms with Crippen LogP contribution < -0.4 is 8.83 Å². The SMILES string of the molecule is O=C(c1ccc([At])cc1)N1CCN(C(=O)c2cc(Cc3n[nH]c(=O)c4ccccc34)ccc2F)CC1. The molecule has 4 aromatic rings. The van der Waals surface area contributed by atoms with Crippen LogP contribution in [0.4, 0.5) is 4.39 Å². The van der Waals surface area contributed by atoms with Gasteiger partial charge >= 0.3 is 133 Å². The van der Waals surface area contributed by atoms with Crippen LogP contribution in [0.1, 0.15) is 32.0 Å². The van der Waals surface area contributed by atoms with Crippen molar-refractivity contribution in [2.75, 3.05) is 26.2 Å². The van der Waals surface area contributed by atoms with Gasteiger partial charge in [-0.3, -0.25) is 4.79 Å². The van der Waals surface area contributed by atoms with Crippen molar-refractivity contribution < 1.29 is 38.7 Å². The van der Waals surface area contributed by atoms with Gasteiger partial charge in [-0.2, -0.15) is 5.10 Å². The molecule has 1 aromatic heterocycles. The van der Waals surface area contributed by atoms with Crippen LogP contribution in [0.5, 0.6) is 0 Å². The standard InChI is InChI=1S/C27H22AtFN4O3/c28-19-8-6-18(7-9-19)26(35)32-11-13-33(14-12-32)27(36)22-15-17(5-10-23(22)29)16-24-20-3-1-2-4-21(20)25(34)31-30-24/h1-10,15H,11-14,16H2,(H,31,34). The van der Waals surface area contributed by atoms with Crippen LogP contribution in [0.2, 0.25) is 0 Å². The Hall–Kier alpha value is -3.45. The summed E-state index contributed by atoms with van der Waals surface area (Å²) in [6.07, 6.45) is 0.331. The summed E-state index contributed by atoms with van der Waals surface area (Å²) < 4.78 is 15.8. The maximum atomic E-state index is 14.7. The molecular formula is C27H22AtFN4O3. The molecule has 1 aliphatic rings. The van der Waals surface area contributed by atoms with E-state index in [2.05, 4.69) is 10.2 Å². The monoisotopic (exact) mass is 679 g/mol. The Bertz CT molecular complexity index is 1510. The molecule has 9 heteroatoms. The molecular weight excluding hydrogens is 657 g/mol. The zero-order chi connectivity index (χ0) is 25.2. The number of amides is 2. The Labute approximate surface area is 221 Å². The molecule has 0 saturated carbocycles. The summed E-state index contributed by atoms with van der Waals surface area (Å²) in [6, 6.07) is 19.1. The number of nitrogens with one attached hydrogen (secondary N) is 1. The van der Waals surface area contributed by atoms with E-state index in [1.54, 1.807) is 58.8 Å². The number of aromatic nitrogens is 2. The summed E-state index contributed by atoms with van der Waals surface area (Å²) in [5.41, 5.74) is 1.68. The second kappa shape index (κ2) is 10.3. The number of carbonyl (C=O) groups excluding carboxylic acids is 2. The molecule has 1 aliphatic heterocycles. The van der Waals surface area contributed by atoms with Crippen LogP contribution in [0.3, 0.4) is 0 Å². The number of carbonyl (C=O) groups is 2. The second-order valence-corrected chi connectivity index (χ2v) is 10.3. The van der Waals surface area contributed by atoms with Gasteiger partial charge in [-0.25, -0.2) is 9.49 Å². The fourth-order valence-corrected chi connectivity index (χ4v) is 4.89. The Morgan fingerprint density at radius 2 is 1.53 bits per heavy atom. The number of benzene rings is 3. The van der Waals surface area contributed by atoms with Crippen LogP contribution in [0.15, 0.2) is 71.5 Å². The molecule has 0 aliphatic carbocycles. The van der Waals surface area contributed by atoms with E-state index in [-0.39, 0.29) is 17.0 Å². The predicted molar refractivity (Wildman–Crippen MR) is 129 cm³/mol. The first-order valence-electron chi connectivity index (χ1n) is 11.5. The first kappa shape index (κ1) is 24.3. The number of hydrogen-bond acceptors (Lipinski definition) is 4. The van der Waals surface area contributed by atoms with Gasteiger partial charge in [0.15, 0.2) is 0 Å². The maximum absolute atomic E-state index is 14.7. The molecule has 0 radical (unpaired) electrons. The Kier molecular flexibility index (Phi) is 6.92. The van der Waals surface area contributed by atoms with Gasteiger partial charge in [0.25, 0.3) is 5.56 Å². The zero-order valence-electron chi connectivity index (χ0n) is 19.2. The Morgan fingerprint density at radius 1 is 0.889 bits per heavy atom. The molecule has 3 aromatic carbocycles. The van der Waals surface area contributed by atoms with E-state index in [1.165, 1.54) is 6.07 Å². The van der Waals surface area contributed by atoms with Crippen LogP contribution >= 0.6 is 0 Å². The molecule has 1 saturated heterocycles. The van der Waals surface area contributed by atoms with Crippen LogP contribution in [0.25, 0.3) is 10.8 Å². The molecule has 182 valence electrons. The van der Waals surface area contributed by atoms with Crippen molar-refractivity contribution in [3.8, 4) is 0 Å². The van der Waals surface area contributed by atoms with Crippen LogP contribution in [0, 0.1) is 30.5 Å². The average molecular weight is 679 g/mol. The van der Waals surface area contributed by atoms with E-state index in [4.69, 9.17) is 0 Å². The van der Waals surface area contributed by atoms with Gasteiger partial charge in [-0.1, -0.05) is 24.3 Å². The third-order valence-electron chi connectivity index (χ3n) is 6.35. The van der Waals surface area contributed by atoms with E-state index in [1.807, 2.05) is 36.4 Å². The zero-order valence-corrected chi connectivity index (χ0v) is 22.1. The summed E-state index contributed by atoms with van der Waals surface area (Å²) in [5.74, 6) is -1.07. The summed E-state index contributed by atoms with van der Waals surface area (Å²) >= 11 is 1.55. The molecule has 36 heavy (non-hydrogen) atoms. The molecule has 0 spiro atoms. The van der Waals surface area contributed by atoms with Gasteiger partial charge in [0, 0.05) is 11.8 Å². The number of hydrogen-bond donors (Lipinski definition) is 1. The topological polar surface area (TPSA) is 86.4 Å². The van der Waals surface area contributed by atoms with Gasteiger partial charge in [0.2, 0.25) is 0 Å². The van der Waals surface area contributed by atoms with Gasteiger partial charge in [0.1, 0.15) is 0 Å². The molecule has 0 bridgehead atoms. The van der Waals surface area contributed by atoms with Gasteiger partial charge in [-0.05, 0) is 17.7 Å². The molecule has 2 heterocycles. The molecule has 1 N–H and O–H groups in total. The predicted octanol–water partition coefficient (Wildman–Crippen LogP) is 2.43. The summed E-state index contributed by atoms with van der Waals surface area (Å²) in [6.45, 7) is 1.43. The van der Waals surface area contributed by atoms with Crippen molar-refractivity contribution in [1.82, 2.24) is 20.0 Å². The molecule has 2 amide bonds. The number of aromatic amines is 1. The molecule has 0 atom stereocenters. The van der Waals surface area contributed by atoms with Crippen LogP contribution in [-0.4, -0.2) is 58.0 Å². The average Bonchev–Trinajstić information content (AvgIpc) is 2.91. The third kappa shape index (κ3) is 4.93. The molecule has 7 nitrogen and oxygen atoms in total. The first-order valence-corrected chi connectivity index (χ1v) is 13.0. The summed E-state index contributed by atoms with van der Waals surface area (Å²) in [4.78, 5) is 41.3. The minimum atomic E-state index is -0.595. The number of H-pyrrole nitrogens is 1. The number of fused-ring (bicyclic) bond motifs is 1. The fraction of sp³-hybridized carbons (Fsp3) is 0.185. The van der Waals surface area contributed by atoms with E-state index in [9.17, 15) is 18.8 Å². The Morgan fingerprint density at radius 3 is 2.22 bits per heavy atom. The van der Waals surface area contributed by atoms with E-state index >= 15 is 0 Å². The first-order chi connectivity index (χ1) is 17.4. The molecule has 1 fully saturated rings. The summed E-state index contributed by atoms with van der Waals surface area (Å²) in [5, 5.41) is 7.93. The van der Waals surface area contributed by atoms with E-state index in [0.29, 0.717) is 60.2 Å². The van der Waals surface area contributed by atoms with Crippen molar-refractivity contribution in [1.29, 1.82) is 0 Å². The van der Waals surface area contributed by atoms with Crippen molar-refractivity contribution in [2.24, 2.45) is 0 Å². The second-order valence-electron chi connectivity index (χ2n) is 8.63. The molecule has 0 unspecified atom stereocenters. The fourth-order valence-electron chi connectivity index (χ4n) is 4.40. The quantitative estimate of drug-likeness (QED) is 0.360. The van der Waals surface area contributed by atoms with Crippen molar-refractivity contribution >= 4 is 25.9 Å². The number of piperazine rings is 1. The van der Waals surface area contributed by atoms with E-state index < -0.39 is 11.7 Å². The Balaban J connectivity index is 1.30. The van der Waals surface area contributed by atoms with Crippen molar-refractivity contribution in [2.45, 2.75) is 6.42 Å². The number of rotatable bonds is 4. The van der Waals surface area contributed by atoms with E-state index in [0.717, 1.165) is 3.27 Å². The number of halogens is 1. The third-order valence-corrected chi connectivity index (χ3v) is 7.33. The molecule has 5 rings (SSSR count). The number of nitrogens with zero attached hydrogens (tertiary/aromatic N) is 3.